The fraction of sp³-hybridized carbons (Fsp3) is 0.385. The molecule has 2 heterocycles. The standard InChI is InChI=1S/C26H33N5O/c1-20-10-8-13-23(16-20)30-18-29(15-9-14-28(3)4)19-31-25(32)24(21(2)27-26(30)31)17-22-11-6-5-7-12-22/h5-8,10-13,16H,9,14-15,17-19H2,1-4H3. The minimum Gasteiger partial charge on any atom is -0.309 e. The third kappa shape index (κ3) is 4.92. The number of fused-ring (bicyclic) bond motifs is 1. The molecule has 0 saturated carbocycles. The molecule has 6 nitrogen and oxygen atoms in total. The van der Waals surface area contributed by atoms with Crippen molar-refractivity contribution in [2.75, 3.05) is 38.8 Å². The van der Waals surface area contributed by atoms with Crippen LogP contribution < -0.4 is 10.5 Å². The normalized spacial score (nSPS) is 14.1. The predicted octanol–water partition coefficient (Wildman–Crippen LogP) is 3.77. The lowest BCUT2D eigenvalue weighted by molar-refractivity contribution is 0.189. The third-order valence-electron chi connectivity index (χ3n) is 5.99. The van der Waals surface area contributed by atoms with E-state index >= 15 is 0 Å². The van der Waals surface area contributed by atoms with E-state index in [1.807, 2.05) is 29.7 Å². The van der Waals surface area contributed by atoms with Crippen LogP contribution in [0.4, 0.5) is 11.6 Å². The maximum atomic E-state index is 13.7. The van der Waals surface area contributed by atoms with Crippen molar-refractivity contribution in [1.29, 1.82) is 0 Å². The Labute approximate surface area is 190 Å². The van der Waals surface area contributed by atoms with Gasteiger partial charge in [0.2, 0.25) is 5.95 Å². The minimum absolute atomic E-state index is 0.0614. The fourth-order valence-corrected chi connectivity index (χ4v) is 4.28. The van der Waals surface area contributed by atoms with Gasteiger partial charge in [-0.15, -0.1) is 0 Å². The predicted molar refractivity (Wildman–Crippen MR) is 131 cm³/mol. The second kappa shape index (κ2) is 9.67. The van der Waals surface area contributed by atoms with E-state index in [4.69, 9.17) is 4.98 Å². The number of aromatic nitrogens is 2. The first-order chi connectivity index (χ1) is 15.4. The van der Waals surface area contributed by atoms with Crippen LogP contribution in [0.15, 0.2) is 59.4 Å². The topological polar surface area (TPSA) is 44.6 Å². The van der Waals surface area contributed by atoms with E-state index in [0.717, 1.165) is 54.6 Å². The molecule has 0 unspecified atom stereocenters. The van der Waals surface area contributed by atoms with Gasteiger partial charge in [-0.1, -0.05) is 42.5 Å². The molecule has 0 fully saturated rings. The summed E-state index contributed by atoms with van der Waals surface area (Å²) in [7, 11) is 4.19. The third-order valence-corrected chi connectivity index (χ3v) is 5.99. The molecule has 0 aliphatic carbocycles. The molecule has 32 heavy (non-hydrogen) atoms. The molecule has 0 amide bonds. The zero-order valence-electron chi connectivity index (χ0n) is 19.6. The highest BCUT2D eigenvalue weighted by Gasteiger charge is 2.27. The minimum atomic E-state index is 0.0614. The molecule has 0 radical (unpaired) electrons. The molecule has 4 rings (SSSR count). The zero-order chi connectivity index (χ0) is 22.7. The van der Waals surface area contributed by atoms with Crippen LogP contribution in [0.2, 0.25) is 0 Å². The molecule has 0 N–H and O–H groups in total. The summed E-state index contributed by atoms with van der Waals surface area (Å²) in [6, 6.07) is 18.6. The molecule has 1 aromatic heterocycles. The molecule has 2 aromatic carbocycles. The van der Waals surface area contributed by atoms with Crippen molar-refractivity contribution < 1.29 is 0 Å². The van der Waals surface area contributed by atoms with E-state index < -0.39 is 0 Å². The Kier molecular flexibility index (Phi) is 6.72. The van der Waals surface area contributed by atoms with Gasteiger partial charge in [-0.2, -0.15) is 0 Å². The van der Waals surface area contributed by atoms with Crippen LogP contribution >= 0.6 is 0 Å². The van der Waals surface area contributed by atoms with Crippen molar-refractivity contribution in [1.82, 2.24) is 19.4 Å². The summed E-state index contributed by atoms with van der Waals surface area (Å²) in [5.41, 5.74) is 5.04. The molecule has 0 spiro atoms. The van der Waals surface area contributed by atoms with Crippen LogP contribution in [-0.2, 0) is 13.1 Å². The van der Waals surface area contributed by atoms with Crippen LogP contribution in [-0.4, -0.2) is 53.2 Å². The van der Waals surface area contributed by atoms with E-state index in [2.05, 4.69) is 72.1 Å². The van der Waals surface area contributed by atoms with E-state index in [9.17, 15) is 4.79 Å². The van der Waals surface area contributed by atoms with Crippen molar-refractivity contribution in [3.05, 3.63) is 87.3 Å². The first-order valence-electron chi connectivity index (χ1n) is 11.3. The van der Waals surface area contributed by atoms with Crippen molar-refractivity contribution >= 4 is 11.6 Å². The molecule has 0 saturated heterocycles. The summed E-state index contributed by atoms with van der Waals surface area (Å²) in [4.78, 5) is 25.3. The summed E-state index contributed by atoms with van der Waals surface area (Å²) in [5, 5.41) is 0. The Morgan fingerprint density at radius 3 is 2.50 bits per heavy atom. The molecule has 1 aliphatic rings. The Bertz CT molecular complexity index is 1120. The average Bonchev–Trinajstić information content (AvgIpc) is 2.77. The SMILES string of the molecule is Cc1cccc(N2CN(CCCN(C)C)Cn3c2nc(C)c(Cc2ccccc2)c3=O)c1. The van der Waals surface area contributed by atoms with Crippen LogP contribution in [0.25, 0.3) is 0 Å². The van der Waals surface area contributed by atoms with Gasteiger partial charge in [0.15, 0.2) is 0 Å². The molecule has 1 aliphatic heterocycles. The van der Waals surface area contributed by atoms with Gasteiger partial charge < -0.3 is 4.90 Å². The van der Waals surface area contributed by atoms with Gasteiger partial charge in [0, 0.05) is 24.2 Å². The maximum Gasteiger partial charge on any atom is 0.259 e. The van der Waals surface area contributed by atoms with Gasteiger partial charge in [0.25, 0.3) is 5.56 Å². The van der Waals surface area contributed by atoms with Crippen molar-refractivity contribution in [3.63, 3.8) is 0 Å². The molecule has 168 valence electrons. The highest BCUT2D eigenvalue weighted by Crippen LogP contribution is 2.28. The summed E-state index contributed by atoms with van der Waals surface area (Å²) < 4.78 is 1.85. The molecule has 0 atom stereocenters. The Morgan fingerprint density at radius 1 is 1.00 bits per heavy atom. The summed E-state index contributed by atoms with van der Waals surface area (Å²) in [5.74, 6) is 0.735. The molecular weight excluding hydrogens is 398 g/mol. The van der Waals surface area contributed by atoms with Crippen LogP contribution in [0.5, 0.6) is 0 Å². The lowest BCUT2D eigenvalue weighted by Crippen LogP contribution is -2.48. The number of aryl methyl sites for hydroxylation is 2. The quantitative estimate of drug-likeness (QED) is 0.570. The largest absolute Gasteiger partial charge is 0.309 e. The Morgan fingerprint density at radius 2 is 1.78 bits per heavy atom. The van der Waals surface area contributed by atoms with Crippen LogP contribution in [0.1, 0.15) is 28.8 Å². The Hall–Kier alpha value is -2.96. The molecule has 3 aromatic rings. The molecule has 6 heteroatoms. The van der Waals surface area contributed by atoms with Crippen LogP contribution in [0.3, 0.4) is 0 Å². The summed E-state index contributed by atoms with van der Waals surface area (Å²) in [6.45, 7) is 7.29. The van der Waals surface area contributed by atoms with E-state index in [-0.39, 0.29) is 5.56 Å². The first-order valence-corrected chi connectivity index (χ1v) is 11.3. The monoisotopic (exact) mass is 431 g/mol. The second-order valence-corrected chi connectivity index (χ2v) is 8.97. The van der Waals surface area contributed by atoms with Gasteiger partial charge in [-0.05, 0) is 64.2 Å². The molecular formula is C26H33N5O. The van der Waals surface area contributed by atoms with E-state index in [0.29, 0.717) is 13.1 Å². The summed E-state index contributed by atoms with van der Waals surface area (Å²) >= 11 is 0. The van der Waals surface area contributed by atoms with E-state index in [1.54, 1.807) is 0 Å². The van der Waals surface area contributed by atoms with Gasteiger partial charge in [0.1, 0.15) is 0 Å². The number of anilines is 2. The number of rotatable bonds is 7. The number of hydrogen-bond acceptors (Lipinski definition) is 5. The average molecular weight is 432 g/mol. The van der Waals surface area contributed by atoms with Crippen molar-refractivity contribution in [2.24, 2.45) is 0 Å². The Balaban J connectivity index is 1.73. The van der Waals surface area contributed by atoms with Crippen molar-refractivity contribution in [2.45, 2.75) is 33.4 Å². The first kappa shape index (κ1) is 22.2. The zero-order valence-corrected chi connectivity index (χ0v) is 19.6. The number of nitrogens with zero attached hydrogens (tertiary/aromatic N) is 5. The molecule has 0 bridgehead atoms. The summed E-state index contributed by atoms with van der Waals surface area (Å²) in [6.07, 6.45) is 1.65. The highest BCUT2D eigenvalue weighted by molar-refractivity contribution is 5.59. The van der Waals surface area contributed by atoms with Gasteiger partial charge in [-0.25, -0.2) is 4.98 Å². The smallest absolute Gasteiger partial charge is 0.259 e. The number of hydrogen-bond donors (Lipinski definition) is 0. The lowest BCUT2D eigenvalue weighted by Gasteiger charge is -2.38. The van der Waals surface area contributed by atoms with Gasteiger partial charge >= 0.3 is 0 Å². The van der Waals surface area contributed by atoms with E-state index in [1.165, 1.54) is 5.56 Å². The fourth-order valence-electron chi connectivity index (χ4n) is 4.28. The van der Waals surface area contributed by atoms with Gasteiger partial charge in [-0.3, -0.25) is 19.2 Å². The number of benzene rings is 2. The second-order valence-electron chi connectivity index (χ2n) is 8.97. The lowest BCUT2D eigenvalue weighted by atomic mass is 10.1. The highest BCUT2D eigenvalue weighted by atomic mass is 16.1. The van der Waals surface area contributed by atoms with Gasteiger partial charge in [0.05, 0.1) is 19.0 Å². The van der Waals surface area contributed by atoms with Crippen molar-refractivity contribution in [3.8, 4) is 0 Å². The van der Waals surface area contributed by atoms with Crippen LogP contribution in [0, 0.1) is 13.8 Å². The maximum absolute atomic E-state index is 13.7.